The topological polar surface area (TPSA) is 0 Å². The first kappa shape index (κ1) is 9.19. The summed E-state index contributed by atoms with van der Waals surface area (Å²) in [5.41, 5.74) is 0. The van der Waals surface area contributed by atoms with Crippen molar-refractivity contribution in [3.05, 3.63) is 0 Å². The van der Waals surface area contributed by atoms with Gasteiger partial charge in [0.2, 0.25) is 0 Å². The second kappa shape index (κ2) is 6.79. The van der Waals surface area contributed by atoms with E-state index in [2.05, 4.69) is 0 Å². The van der Waals surface area contributed by atoms with Gasteiger partial charge in [-0.05, 0) is 0 Å². The lowest BCUT2D eigenvalue weighted by Crippen LogP contribution is -1.58. The van der Waals surface area contributed by atoms with Crippen LogP contribution in [0.3, 0.4) is 0 Å². The molecular formula is C3H6S6. The van der Waals surface area contributed by atoms with E-state index < -0.39 is 0 Å². The molecule has 0 unspecified atom stereocenters. The Morgan fingerprint density at radius 3 is 0.889 bits per heavy atom. The Kier molecular flexibility index (Phi) is 6.93. The molecule has 0 radical (unpaired) electrons. The maximum Gasteiger partial charge on any atom is 0.0600 e. The van der Waals surface area contributed by atoms with E-state index >= 15 is 0 Å². The summed E-state index contributed by atoms with van der Waals surface area (Å²) in [5, 5.41) is 3.70. The summed E-state index contributed by atoms with van der Waals surface area (Å²) in [7, 11) is 11.8. The fourth-order valence-corrected chi connectivity index (χ4v) is 10.3. The molecule has 0 aromatic rings. The molecule has 1 aliphatic rings. The lowest BCUT2D eigenvalue weighted by Gasteiger charge is -1.91. The van der Waals surface area contributed by atoms with E-state index in [1.807, 2.05) is 64.8 Å². The quantitative estimate of drug-likeness (QED) is 0.577. The van der Waals surface area contributed by atoms with Gasteiger partial charge in [0.15, 0.2) is 0 Å². The Bertz CT molecular complexity index is 36.8. The predicted molar refractivity (Wildman–Crippen MR) is 60.1 cm³/mol. The molecule has 0 aromatic carbocycles. The van der Waals surface area contributed by atoms with Crippen LogP contribution in [0.25, 0.3) is 0 Å². The first-order valence-electron chi connectivity index (χ1n) is 2.23. The molecule has 0 nitrogen and oxygen atoms in total. The lowest BCUT2D eigenvalue weighted by molar-refractivity contribution is 2.32. The molecule has 0 aromatic heterocycles. The van der Waals surface area contributed by atoms with Crippen molar-refractivity contribution in [2.75, 3.05) is 15.3 Å². The van der Waals surface area contributed by atoms with Gasteiger partial charge in [0.05, 0.1) is 15.3 Å². The van der Waals surface area contributed by atoms with Crippen LogP contribution in [0.2, 0.25) is 0 Å². The van der Waals surface area contributed by atoms with Crippen LogP contribution in [-0.2, 0) is 0 Å². The molecule has 0 amide bonds. The van der Waals surface area contributed by atoms with Gasteiger partial charge in [-0.25, -0.2) is 0 Å². The number of hydrogen-bond donors (Lipinski definition) is 0. The monoisotopic (exact) mass is 234 g/mol. The highest BCUT2D eigenvalue weighted by atomic mass is 33.2. The van der Waals surface area contributed by atoms with Gasteiger partial charge in [-0.1, -0.05) is 64.8 Å². The molecule has 1 rings (SSSR count). The second-order valence-corrected chi connectivity index (χ2v) is 9.55. The molecule has 0 N–H and O–H groups in total. The molecule has 6 heteroatoms. The first-order valence-corrected chi connectivity index (χ1v) is 9.70. The fourth-order valence-electron chi connectivity index (χ4n) is 0.263. The third-order valence-corrected chi connectivity index (χ3v) is 10.0. The molecule has 1 fully saturated rings. The van der Waals surface area contributed by atoms with Crippen LogP contribution in [0, 0.1) is 0 Å². The van der Waals surface area contributed by atoms with E-state index in [0.717, 1.165) is 0 Å². The Morgan fingerprint density at radius 2 is 0.667 bits per heavy atom. The van der Waals surface area contributed by atoms with Gasteiger partial charge in [-0.3, -0.25) is 0 Å². The van der Waals surface area contributed by atoms with Crippen LogP contribution in [0.4, 0.5) is 0 Å². The minimum absolute atomic E-state index is 1.23. The summed E-state index contributed by atoms with van der Waals surface area (Å²) in [6.07, 6.45) is 0. The van der Waals surface area contributed by atoms with Crippen LogP contribution < -0.4 is 0 Å². The van der Waals surface area contributed by atoms with Gasteiger partial charge in [0, 0.05) is 0 Å². The van der Waals surface area contributed by atoms with Crippen LogP contribution in [0.5, 0.6) is 0 Å². The van der Waals surface area contributed by atoms with Gasteiger partial charge in [-0.15, -0.1) is 0 Å². The lowest BCUT2D eigenvalue weighted by atomic mass is 11.9. The zero-order valence-corrected chi connectivity index (χ0v) is 9.47. The maximum atomic E-state index is 1.97. The average molecular weight is 234 g/mol. The number of rotatable bonds is 0. The SMILES string of the molecule is C1SSCSSCSS1. The van der Waals surface area contributed by atoms with Crippen LogP contribution in [-0.4, -0.2) is 15.3 Å². The summed E-state index contributed by atoms with van der Waals surface area (Å²) in [5.74, 6) is 0. The van der Waals surface area contributed by atoms with Gasteiger partial charge in [0.25, 0.3) is 0 Å². The maximum absolute atomic E-state index is 1.97. The molecule has 0 bridgehead atoms. The smallest absolute Gasteiger partial charge is 0.0600 e. The standard InChI is InChI=1S/C3H6S6/c1-4-6-2-8-9-3-7-5-1/h1-3H2. The normalized spacial score (nSPS) is 24.0. The predicted octanol–water partition coefficient (Wildman–Crippen LogP) is 4.02. The van der Waals surface area contributed by atoms with Crippen molar-refractivity contribution >= 4 is 64.8 Å². The van der Waals surface area contributed by atoms with E-state index in [9.17, 15) is 0 Å². The third kappa shape index (κ3) is 5.38. The summed E-state index contributed by atoms with van der Waals surface area (Å²) in [6, 6.07) is 0. The molecule has 0 aliphatic carbocycles. The Labute approximate surface area is 79.4 Å². The minimum Gasteiger partial charge on any atom is -0.0814 e. The van der Waals surface area contributed by atoms with Crippen molar-refractivity contribution in [3.63, 3.8) is 0 Å². The summed E-state index contributed by atoms with van der Waals surface area (Å²) >= 11 is 0. The van der Waals surface area contributed by atoms with E-state index in [1.165, 1.54) is 15.3 Å². The highest BCUT2D eigenvalue weighted by Gasteiger charge is 1.97. The van der Waals surface area contributed by atoms with Crippen LogP contribution in [0.15, 0.2) is 0 Å². The van der Waals surface area contributed by atoms with Crippen molar-refractivity contribution in [1.29, 1.82) is 0 Å². The van der Waals surface area contributed by atoms with E-state index in [1.54, 1.807) is 0 Å². The molecule has 1 aliphatic heterocycles. The molecule has 1 heterocycles. The van der Waals surface area contributed by atoms with Crippen LogP contribution >= 0.6 is 64.8 Å². The first-order chi connectivity index (χ1) is 4.50. The molecule has 0 spiro atoms. The minimum atomic E-state index is 1.23. The molecule has 54 valence electrons. The Morgan fingerprint density at radius 1 is 0.444 bits per heavy atom. The molecule has 0 atom stereocenters. The van der Waals surface area contributed by atoms with Crippen molar-refractivity contribution in [2.24, 2.45) is 0 Å². The van der Waals surface area contributed by atoms with E-state index in [-0.39, 0.29) is 0 Å². The summed E-state index contributed by atoms with van der Waals surface area (Å²) < 4.78 is 0. The second-order valence-electron chi connectivity index (χ2n) is 1.06. The molecule has 9 heavy (non-hydrogen) atoms. The van der Waals surface area contributed by atoms with Gasteiger partial charge >= 0.3 is 0 Å². The zero-order chi connectivity index (χ0) is 6.36. The summed E-state index contributed by atoms with van der Waals surface area (Å²) in [6.45, 7) is 0. The van der Waals surface area contributed by atoms with Gasteiger partial charge in [-0.2, -0.15) is 0 Å². The molecule has 1 saturated heterocycles. The van der Waals surface area contributed by atoms with E-state index in [0.29, 0.717) is 0 Å². The zero-order valence-electron chi connectivity index (χ0n) is 4.57. The average Bonchev–Trinajstić information content (AvgIpc) is 2.00. The van der Waals surface area contributed by atoms with Crippen LogP contribution in [0.1, 0.15) is 0 Å². The largest absolute Gasteiger partial charge is 0.0814 e. The van der Waals surface area contributed by atoms with Crippen molar-refractivity contribution < 1.29 is 0 Å². The van der Waals surface area contributed by atoms with Gasteiger partial charge in [0.1, 0.15) is 0 Å². The Balaban J connectivity index is 2.02. The highest BCUT2D eigenvalue weighted by molar-refractivity contribution is 8.92. The highest BCUT2D eigenvalue weighted by Crippen LogP contribution is 2.42. The third-order valence-electron chi connectivity index (χ3n) is 0.539. The van der Waals surface area contributed by atoms with Crippen molar-refractivity contribution in [3.8, 4) is 0 Å². The fraction of sp³-hybridized carbons (Fsp3) is 1.00. The Hall–Kier alpha value is 2.10. The van der Waals surface area contributed by atoms with Crippen molar-refractivity contribution in [2.45, 2.75) is 0 Å². The summed E-state index contributed by atoms with van der Waals surface area (Å²) in [4.78, 5) is 0. The molecular weight excluding hydrogens is 228 g/mol. The van der Waals surface area contributed by atoms with E-state index in [4.69, 9.17) is 0 Å². The number of hydrogen-bond acceptors (Lipinski definition) is 6. The molecule has 0 saturated carbocycles. The van der Waals surface area contributed by atoms with Gasteiger partial charge < -0.3 is 0 Å². The van der Waals surface area contributed by atoms with Crippen molar-refractivity contribution in [1.82, 2.24) is 0 Å².